The highest BCUT2D eigenvalue weighted by Crippen LogP contribution is 2.17. The maximum atomic E-state index is 12.3. The second kappa shape index (κ2) is 4.69. The fourth-order valence-electron chi connectivity index (χ4n) is 0.989. The second-order valence-corrected chi connectivity index (χ2v) is 2.52. The lowest BCUT2D eigenvalue weighted by Crippen LogP contribution is -2.16. The maximum Gasteiger partial charge on any atom is 0.327 e. The minimum Gasteiger partial charge on any atom is -0.465 e. The molecule has 0 amide bonds. The second-order valence-electron chi connectivity index (χ2n) is 2.52. The molecule has 4 nitrogen and oxygen atoms in total. The number of alkyl halides is 2. The molecule has 1 rings (SSSR count). The third-order valence-corrected chi connectivity index (χ3v) is 1.56. The number of carbonyl (C=O) groups excluding carboxylic acids is 1. The minimum absolute atomic E-state index is 0.226. The minimum atomic E-state index is -2.63. The fraction of sp³-hybridized carbons (Fsp3) is 0.500. The Labute approximate surface area is 79.5 Å². The Kier molecular flexibility index (Phi) is 3.55. The summed E-state index contributed by atoms with van der Waals surface area (Å²) in [5, 5.41) is 3.60. The van der Waals surface area contributed by atoms with E-state index in [1.165, 1.54) is 12.3 Å². The van der Waals surface area contributed by atoms with Crippen LogP contribution in [0.4, 0.5) is 8.78 Å². The molecule has 1 aromatic heterocycles. The van der Waals surface area contributed by atoms with Crippen LogP contribution in [0.1, 0.15) is 19.0 Å². The van der Waals surface area contributed by atoms with Gasteiger partial charge < -0.3 is 4.74 Å². The summed E-state index contributed by atoms with van der Waals surface area (Å²) in [7, 11) is 0. The molecule has 0 saturated heterocycles. The van der Waals surface area contributed by atoms with Gasteiger partial charge in [0.05, 0.1) is 6.61 Å². The van der Waals surface area contributed by atoms with E-state index in [9.17, 15) is 13.6 Å². The van der Waals surface area contributed by atoms with Crippen LogP contribution in [0.3, 0.4) is 0 Å². The van der Waals surface area contributed by atoms with Gasteiger partial charge in [0.1, 0.15) is 12.2 Å². The quantitative estimate of drug-likeness (QED) is 0.696. The van der Waals surface area contributed by atoms with Gasteiger partial charge in [-0.2, -0.15) is 5.10 Å². The summed E-state index contributed by atoms with van der Waals surface area (Å²) >= 11 is 0. The standard InChI is InChI=1S/C8H10F2N2O2/c1-2-14-7(13)5-12-6(8(9)10)3-4-11-12/h3-4,8H,2,5H2,1H3. The first-order valence-electron chi connectivity index (χ1n) is 4.10. The van der Waals surface area contributed by atoms with Gasteiger partial charge >= 0.3 is 5.97 Å². The zero-order valence-corrected chi connectivity index (χ0v) is 7.61. The zero-order valence-electron chi connectivity index (χ0n) is 7.61. The molecule has 78 valence electrons. The molecule has 0 aromatic carbocycles. The molecule has 0 saturated carbocycles. The zero-order chi connectivity index (χ0) is 10.6. The van der Waals surface area contributed by atoms with Gasteiger partial charge in [0, 0.05) is 6.20 Å². The topological polar surface area (TPSA) is 44.1 Å². The predicted octanol–water partition coefficient (Wildman–Crippen LogP) is 1.38. The molecule has 0 aliphatic carbocycles. The number of ether oxygens (including phenoxy) is 1. The summed E-state index contributed by atoms with van der Waals surface area (Å²) < 4.78 is 30.1. The van der Waals surface area contributed by atoms with Crippen molar-refractivity contribution in [1.29, 1.82) is 0 Å². The van der Waals surface area contributed by atoms with E-state index in [-0.39, 0.29) is 18.8 Å². The third-order valence-electron chi connectivity index (χ3n) is 1.56. The van der Waals surface area contributed by atoms with Gasteiger partial charge in [-0.25, -0.2) is 8.78 Å². The largest absolute Gasteiger partial charge is 0.465 e. The van der Waals surface area contributed by atoms with Crippen LogP contribution in [0.2, 0.25) is 0 Å². The van der Waals surface area contributed by atoms with Crippen LogP contribution in [-0.4, -0.2) is 22.4 Å². The molecule has 0 fully saturated rings. The van der Waals surface area contributed by atoms with Crippen molar-refractivity contribution in [3.63, 3.8) is 0 Å². The Hall–Kier alpha value is -1.46. The van der Waals surface area contributed by atoms with Gasteiger partial charge in [-0.3, -0.25) is 9.48 Å². The van der Waals surface area contributed by atoms with Gasteiger partial charge in [0.25, 0.3) is 6.43 Å². The summed E-state index contributed by atoms with van der Waals surface area (Å²) in [6.45, 7) is 1.60. The molecule has 14 heavy (non-hydrogen) atoms. The highest BCUT2D eigenvalue weighted by molar-refractivity contribution is 5.69. The Morgan fingerprint density at radius 1 is 1.71 bits per heavy atom. The molecular weight excluding hydrogens is 194 g/mol. The van der Waals surface area contributed by atoms with Crippen molar-refractivity contribution in [3.8, 4) is 0 Å². The summed E-state index contributed by atoms with van der Waals surface area (Å²) in [5.41, 5.74) is -0.280. The normalized spacial score (nSPS) is 10.6. The molecule has 0 radical (unpaired) electrons. The van der Waals surface area contributed by atoms with E-state index in [0.717, 1.165) is 4.68 Å². The number of halogens is 2. The Morgan fingerprint density at radius 3 is 3.00 bits per heavy atom. The van der Waals surface area contributed by atoms with E-state index >= 15 is 0 Å². The average molecular weight is 204 g/mol. The van der Waals surface area contributed by atoms with Crippen molar-refractivity contribution in [2.24, 2.45) is 0 Å². The van der Waals surface area contributed by atoms with E-state index < -0.39 is 12.4 Å². The van der Waals surface area contributed by atoms with Crippen LogP contribution < -0.4 is 0 Å². The average Bonchev–Trinajstić information content (AvgIpc) is 2.52. The summed E-state index contributed by atoms with van der Waals surface area (Å²) in [4.78, 5) is 11.0. The maximum absolute atomic E-state index is 12.3. The molecular formula is C8H10F2N2O2. The van der Waals surface area contributed by atoms with Gasteiger partial charge in [0.15, 0.2) is 0 Å². The van der Waals surface area contributed by atoms with Crippen molar-refractivity contribution in [1.82, 2.24) is 9.78 Å². The van der Waals surface area contributed by atoms with E-state index in [1.807, 2.05) is 0 Å². The highest BCUT2D eigenvalue weighted by Gasteiger charge is 2.15. The Balaban J connectivity index is 2.66. The van der Waals surface area contributed by atoms with E-state index in [4.69, 9.17) is 0 Å². The van der Waals surface area contributed by atoms with Gasteiger partial charge in [-0.05, 0) is 13.0 Å². The van der Waals surface area contributed by atoms with Gasteiger partial charge in [0.2, 0.25) is 0 Å². The molecule has 0 aliphatic heterocycles. The molecule has 0 unspecified atom stereocenters. The summed E-state index contributed by atoms with van der Waals surface area (Å²) in [5.74, 6) is -0.571. The van der Waals surface area contributed by atoms with Crippen LogP contribution in [0, 0.1) is 0 Å². The number of rotatable bonds is 4. The molecule has 1 aromatic rings. The van der Waals surface area contributed by atoms with E-state index in [2.05, 4.69) is 9.84 Å². The Bertz CT molecular complexity index is 312. The Morgan fingerprint density at radius 2 is 2.43 bits per heavy atom. The first-order valence-corrected chi connectivity index (χ1v) is 4.10. The SMILES string of the molecule is CCOC(=O)Cn1nccc1C(F)F. The molecule has 0 aliphatic rings. The molecule has 0 atom stereocenters. The molecule has 0 spiro atoms. The molecule has 1 heterocycles. The predicted molar refractivity (Wildman–Crippen MR) is 43.8 cm³/mol. The van der Waals surface area contributed by atoms with Crippen LogP contribution in [-0.2, 0) is 16.1 Å². The third kappa shape index (κ3) is 2.51. The number of hydrogen-bond acceptors (Lipinski definition) is 3. The van der Waals surface area contributed by atoms with Crippen LogP contribution in [0.25, 0.3) is 0 Å². The van der Waals surface area contributed by atoms with E-state index in [0.29, 0.717) is 0 Å². The number of nitrogens with zero attached hydrogens (tertiary/aromatic N) is 2. The molecule has 0 N–H and O–H groups in total. The number of hydrogen-bond donors (Lipinski definition) is 0. The summed E-state index contributed by atoms with van der Waals surface area (Å²) in [6.07, 6.45) is -1.41. The lowest BCUT2D eigenvalue weighted by atomic mass is 10.4. The van der Waals surface area contributed by atoms with Crippen LogP contribution in [0.5, 0.6) is 0 Å². The van der Waals surface area contributed by atoms with Crippen molar-refractivity contribution in [2.75, 3.05) is 6.61 Å². The van der Waals surface area contributed by atoms with Crippen molar-refractivity contribution in [2.45, 2.75) is 19.9 Å². The molecule has 0 bridgehead atoms. The van der Waals surface area contributed by atoms with Crippen LogP contribution in [0.15, 0.2) is 12.3 Å². The lowest BCUT2D eigenvalue weighted by Gasteiger charge is -2.05. The van der Waals surface area contributed by atoms with Gasteiger partial charge in [-0.15, -0.1) is 0 Å². The monoisotopic (exact) mass is 204 g/mol. The number of esters is 1. The van der Waals surface area contributed by atoms with Crippen molar-refractivity contribution >= 4 is 5.97 Å². The summed E-state index contributed by atoms with van der Waals surface area (Å²) in [6, 6.07) is 1.17. The first kappa shape index (κ1) is 10.6. The smallest absolute Gasteiger partial charge is 0.327 e. The van der Waals surface area contributed by atoms with Crippen molar-refractivity contribution < 1.29 is 18.3 Å². The number of carbonyl (C=O) groups is 1. The van der Waals surface area contributed by atoms with E-state index in [1.54, 1.807) is 6.92 Å². The highest BCUT2D eigenvalue weighted by atomic mass is 19.3. The van der Waals surface area contributed by atoms with Gasteiger partial charge in [-0.1, -0.05) is 0 Å². The first-order chi connectivity index (χ1) is 6.65. The van der Waals surface area contributed by atoms with Crippen LogP contribution >= 0.6 is 0 Å². The van der Waals surface area contributed by atoms with Crippen molar-refractivity contribution in [3.05, 3.63) is 18.0 Å². The lowest BCUT2D eigenvalue weighted by molar-refractivity contribution is -0.144. The number of aromatic nitrogens is 2. The fourth-order valence-corrected chi connectivity index (χ4v) is 0.989. The molecule has 6 heteroatoms.